The fourth-order valence-corrected chi connectivity index (χ4v) is 2.49. The van der Waals surface area contributed by atoms with E-state index >= 15 is 0 Å². The largest absolute Gasteiger partial charge is 0.368 e. The molecule has 2 aromatic rings. The number of aromatic nitrogens is 3. The van der Waals surface area contributed by atoms with Crippen molar-refractivity contribution >= 4 is 5.95 Å². The van der Waals surface area contributed by atoms with Crippen LogP contribution in [0.25, 0.3) is 0 Å². The van der Waals surface area contributed by atoms with Gasteiger partial charge in [0.25, 0.3) is 0 Å². The predicted molar refractivity (Wildman–Crippen MR) is 73.2 cm³/mol. The molecular formula is C14H16FN5. The van der Waals surface area contributed by atoms with Gasteiger partial charge in [0.15, 0.2) is 0 Å². The molecule has 1 aliphatic heterocycles. The number of aryl methyl sites for hydroxylation is 1. The first-order chi connectivity index (χ1) is 9.63. The molecule has 0 saturated heterocycles. The molecule has 2 N–H and O–H groups in total. The summed E-state index contributed by atoms with van der Waals surface area (Å²) in [4.78, 5) is 14.2. The highest BCUT2D eigenvalue weighted by atomic mass is 19.1. The van der Waals surface area contributed by atoms with Gasteiger partial charge >= 0.3 is 0 Å². The van der Waals surface area contributed by atoms with Crippen molar-refractivity contribution in [2.75, 3.05) is 12.3 Å². The van der Waals surface area contributed by atoms with Crippen molar-refractivity contribution in [2.24, 2.45) is 0 Å². The molecule has 0 amide bonds. The number of nitrogen functional groups attached to an aromatic ring is 1. The van der Waals surface area contributed by atoms with E-state index in [4.69, 9.17) is 5.73 Å². The van der Waals surface area contributed by atoms with Gasteiger partial charge in [-0.2, -0.15) is 4.39 Å². The summed E-state index contributed by atoms with van der Waals surface area (Å²) in [6, 6.07) is 1.83. The number of halogens is 1. The third-order valence-corrected chi connectivity index (χ3v) is 3.65. The van der Waals surface area contributed by atoms with Crippen LogP contribution < -0.4 is 5.73 Å². The zero-order valence-corrected chi connectivity index (χ0v) is 11.3. The molecule has 0 bridgehead atoms. The summed E-state index contributed by atoms with van der Waals surface area (Å²) in [6.45, 7) is 4.00. The summed E-state index contributed by atoms with van der Waals surface area (Å²) >= 11 is 0. The van der Waals surface area contributed by atoms with Gasteiger partial charge < -0.3 is 5.73 Å². The van der Waals surface area contributed by atoms with Crippen molar-refractivity contribution in [3.63, 3.8) is 0 Å². The van der Waals surface area contributed by atoms with E-state index in [9.17, 15) is 4.39 Å². The van der Waals surface area contributed by atoms with Gasteiger partial charge in [-0.15, -0.1) is 0 Å². The predicted octanol–water partition coefficient (Wildman–Crippen LogP) is 1.46. The van der Waals surface area contributed by atoms with E-state index in [-0.39, 0.29) is 5.95 Å². The summed E-state index contributed by atoms with van der Waals surface area (Å²) in [6.07, 6.45) is 4.07. The van der Waals surface area contributed by atoms with Gasteiger partial charge in [-0.25, -0.2) is 15.0 Å². The second kappa shape index (κ2) is 5.13. The highest BCUT2D eigenvalue weighted by molar-refractivity contribution is 5.28. The van der Waals surface area contributed by atoms with Crippen molar-refractivity contribution in [3.05, 3.63) is 46.8 Å². The first-order valence-corrected chi connectivity index (χ1v) is 6.56. The molecule has 0 spiro atoms. The number of hydrogen-bond acceptors (Lipinski definition) is 5. The van der Waals surface area contributed by atoms with Crippen molar-refractivity contribution in [3.8, 4) is 0 Å². The van der Waals surface area contributed by atoms with Crippen molar-refractivity contribution in [2.45, 2.75) is 26.4 Å². The minimum atomic E-state index is -0.385. The van der Waals surface area contributed by atoms with E-state index in [2.05, 4.69) is 19.9 Å². The molecule has 20 heavy (non-hydrogen) atoms. The lowest BCUT2D eigenvalue weighted by molar-refractivity contribution is 0.238. The normalized spacial score (nSPS) is 15.1. The maximum absolute atomic E-state index is 13.8. The number of nitrogens with zero attached hydrogens (tertiary/aromatic N) is 4. The molecule has 0 aromatic carbocycles. The van der Waals surface area contributed by atoms with Gasteiger partial charge in [-0.3, -0.25) is 4.90 Å². The van der Waals surface area contributed by atoms with Crippen molar-refractivity contribution < 1.29 is 4.39 Å². The van der Waals surface area contributed by atoms with Crippen molar-refractivity contribution in [1.29, 1.82) is 0 Å². The molecule has 104 valence electrons. The minimum absolute atomic E-state index is 0.311. The van der Waals surface area contributed by atoms with E-state index in [1.54, 1.807) is 6.20 Å². The molecule has 0 saturated carbocycles. The number of rotatable bonds is 2. The smallest absolute Gasteiger partial charge is 0.220 e. The summed E-state index contributed by atoms with van der Waals surface area (Å²) < 4.78 is 13.8. The Morgan fingerprint density at radius 2 is 2.25 bits per heavy atom. The van der Waals surface area contributed by atoms with Gasteiger partial charge in [0.1, 0.15) is 0 Å². The van der Waals surface area contributed by atoms with Crippen LogP contribution in [0.5, 0.6) is 0 Å². The fourth-order valence-electron chi connectivity index (χ4n) is 2.49. The average Bonchev–Trinajstić information content (AvgIpc) is 2.43. The Labute approximate surface area is 116 Å². The van der Waals surface area contributed by atoms with E-state index in [0.717, 1.165) is 29.8 Å². The number of pyridine rings is 1. The van der Waals surface area contributed by atoms with Crippen LogP contribution in [-0.2, 0) is 19.5 Å². The molecule has 0 aliphatic carbocycles. The number of fused-ring (bicyclic) bond motifs is 1. The summed E-state index contributed by atoms with van der Waals surface area (Å²) in [5, 5.41) is 0. The Hall–Kier alpha value is -2.08. The summed E-state index contributed by atoms with van der Waals surface area (Å²) in [5.41, 5.74) is 9.23. The summed E-state index contributed by atoms with van der Waals surface area (Å²) in [7, 11) is 0. The molecule has 0 unspecified atom stereocenters. The molecule has 0 atom stereocenters. The minimum Gasteiger partial charge on any atom is -0.368 e. The van der Waals surface area contributed by atoms with Crippen LogP contribution in [0.3, 0.4) is 0 Å². The second-order valence-corrected chi connectivity index (χ2v) is 5.06. The van der Waals surface area contributed by atoms with Crippen LogP contribution in [0.15, 0.2) is 18.5 Å². The van der Waals surface area contributed by atoms with Gasteiger partial charge in [0.05, 0.1) is 5.69 Å². The molecule has 6 heteroatoms. The fraction of sp³-hybridized carbons (Fsp3) is 0.357. The van der Waals surface area contributed by atoms with Crippen LogP contribution in [0.4, 0.5) is 10.3 Å². The molecule has 5 nitrogen and oxygen atoms in total. The quantitative estimate of drug-likeness (QED) is 0.839. The van der Waals surface area contributed by atoms with Crippen LogP contribution in [-0.4, -0.2) is 26.4 Å². The topological polar surface area (TPSA) is 67.9 Å². The van der Waals surface area contributed by atoms with Crippen LogP contribution in [0.2, 0.25) is 0 Å². The van der Waals surface area contributed by atoms with E-state index in [1.165, 1.54) is 6.20 Å². The highest BCUT2D eigenvalue weighted by Gasteiger charge is 2.20. The molecule has 0 fully saturated rings. The van der Waals surface area contributed by atoms with Crippen molar-refractivity contribution in [1.82, 2.24) is 19.9 Å². The maximum atomic E-state index is 13.8. The first kappa shape index (κ1) is 12.9. The SMILES string of the molecule is Cc1ccnc(F)c1CN1CCc2nc(N)ncc2C1. The third kappa shape index (κ3) is 2.46. The zero-order chi connectivity index (χ0) is 14.1. The van der Waals surface area contributed by atoms with Gasteiger partial charge in [-0.1, -0.05) is 0 Å². The van der Waals surface area contributed by atoms with E-state index in [0.29, 0.717) is 24.6 Å². The Morgan fingerprint density at radius 1 is 1.40 bits per heavy atom. The average molecular weight is 273 g/mol. The lowest BCUT2D eigenvalue weighted by Gasteiger charge is -2.28. The van der Waals surface area contributed by atoms with Gasteiger partial charge in [-0.05, 0) is 18.6 Å². The van der Waals surface area contributed by atoms with Gasteiger partial charge in [0, 0.05) is 49.6 Å². The van der Waals surface area contributed by atoms with E-state index < -0.39 is 0 Å². The molecule has 1 aliphatic rings. The van der Waals surface area contributed by atoms with Crippen LogP contribution in [0, 0.1) is 12.9 Å². The van der Waals surface area contributed by atoms with E-state index in [1.807, 2.05) is 13.0 Å². The highest BCUT2D eigenvalue weighted by Crippen LogP contribution is 2.20. The lowest BCUT2D eigenvalue weighted by Crippen LogP contribution is -2.31. The maximum Gasteiger partial charge on any atom is 0.220 e. The number of hydrogen-bond donors (Lipinski definition) is 1. The van der Waals surface area contributed by atoms with Crippen LogP contribution in [0.1, 0.15) is 22.4 Å². The first-order valence-electron chi connectivity index (χ1n) is 6.56. The van der Waals surface area contributed by atoms with Gasteiger partial charge in [0.2, 0.25) is 11.9 Å². The third-order valence-electron chi connectivity index (χ3n) is 3.65. The Bertz CT molecular complexity index is 623. The Balaban J connectivity index is 1.79. The summed E-state index contributed by atoms with van der Waals surface area (Å²) in [5.74, 6) is -0.0734. The molecule has 0 radical (unpaired) electrons. The Morgan fingerprint density at radius 3 is 3.05 bits per heavy atom. The molecule has 2 aromatic heterocycles. The number of anilines is 1. The molecule has 3 rings (SSSR count). The second-order valence-electron chi connectivity index (χ2n) is 5.06. The van der Waals surface area contributed by atoms with Crippen LogP contribution >= 0.6 is 0 Å². The Kier molecular flexibility index (Phi) is 3.31. The monoisotopic (exact) mass is 273 g/mol. The lowest BCUT2D eigenvalue weighted by atomic mass is 10.1. The number of nitrogens with two attached hydrogens (primary N) is 1. The molecular weight excluding hydrogens is 257 g/mol. The standard InChI is InChI=1S/C14H16FN5/c1-9-2-4-17-13(15)11(9)8-20-5-3-12-10(7-20)6-18-14(16)19-12/h2,4,6H,3,5,7-8H2,1H3,(H2,16,18,19). The zero-order valence-electron chi connectivity index (χ0n) is 11.3. The molecule has 3 heterocycles.